The molecular weight excluding hydrogens is 348 g/mol. The number of rotatable bonds is 7. The third-order valence-electron chi connectivity index (χ3n) is 5.08. The van der Waals surface area contributed by atoms with E-state index in [1.165, 1.54) is 0 Å². The summed E-state index contributed by atoms with van der Waals surface area (Å²) in [6.45, 7) is 6.07. The number of hydrogen-bond acceptors (Lipinski definition) is 3. The fraction of sp³-hybridized carbons (Fsp3) is 0.500. The quantitative estimate of drug-likeness (QED) is 0.810. The van der Waals surface area contributed by atoms with Gasteiger partial charge in [0, 0.05) is 36.9 Å². The lowest BCUT2D eigenvalue weighted by Crippen LogP contribution is -2.42. The Bertz CT molecular complexity index is 722. The topological polar surface area (TPSA) is 50.2 Å². The summed E-state index contributed by atoms with van der Waals surface area (Å²) in [4.78, 5) is 18.8. The van der Waals surface area contributed by atoms with Crippen LogP contribution in [0.3, 0.4) is 0 Å². The lowest BCUT2D eigenvalue weighted by atomic mass is 9.96. The van der Waals surface area contributed by atoms with E-state index in [0.29, 0.717) is 24.0 Å². The molecule has 26 heavy (non-hydrogen) atoms. The summed E-state index contributed by atoms with van der Waals surface area (Å²) in [5.41, 5.74) is 0.952. The lowest BCUT2D eigenvalue weighted by molar-refractivity contribution is -0.122. The number of hydrogen-bond donors (Lipinski definition) is 1. The van der Waals surface area contributed by atoms with Gasteiger partial charge in [-0.1, -0.05) is 36.7 Å². The number of imidazole rings is 1. The highest BCUT2D eigenvalue weighted by Gasteiger charge is 2.21. The van der Waals surface area contributed by atoms with Crippen LogP contribution in [0.15, 0.2) is 36.7 Å². The molecule has 3 rings (SSSR count). The average molecular weight is 375 g/mol. The first-order chi connectivity index (χ1) is 12.7. The summed E-state index contributed by atoms with van der Waals surface area (Å²) in [5.74, 6) is 1.88. The van der Waals surface area contributed by atoms with Crippen LogP contribution in [-0.4, -0.2) is 40.0 Å². The fourth-order valence-electron chi connectivity index (χ4n) is 3.52. The molecule has 1 aliphatic rings. The maximum absolute atomic E-state index is 12.2. The minimum Gasteiger partial charge on any atom is -0.351 e. The first-order valence-corrected chi connectivity index (χ1v) is 9.76. The van der Waals surface area contributed by atoms with Crippen LogP contribution in [-0.2, 0) is 24.3 Å². The number of carbonyl (C=O) groups is 1. The zero-order valence-electron chi connectivity index (χ0n) is 15.3. The van der Waals surface area contributed by atoms with Crippen molar-refractivity contribution in [1.82, 2.24) is 19.8 Å². The molecule has 0 spiro atoms. The highest BCUT2D eigenvalue weighted by Crippen LogP contribution is 2.20. The molecule has 1 aromatic heterocycles. The molecule has 0 aliphatic carbocycles. The lowest BCUT2D eigenvalue weighted by Gasteiger charge is -2.31. The Morgan fingerprint density at radius 1 is 1.31 bits per heavy atom. The molecule has 140 valence electrons. The van der Waals surface area contributed by atoms with Gasteiger partial charge in [-0.05, 0) is 43.5 Å². The minimum atomic E-state index is 0.0613. The van der Waals surface area contributed by atoms with Crippen molar-refractivity contribution in [2.75, 3.05) is 19.6 Å². The smallest absolute Gasteiger partial charge is 0.234 e. The van der Waals surface area contributed by atoms with Gasteiger partial charge in [0.1, 0.15) is 5.82 Å². The van der Waals surface area contributed by atoms with Gasteiger partial charge in [-0.2, -0.15) is 0 Å². The van der Waals surface area contributed by atoms with Gasteiger partial charge in [-0.25, -0.2) is 4.98 Å². The molecule has 2 aromatic rings. The van der Waals surface area contributed by atoms with Crippen LogP contribution < -0.4 is 5.32 Å². The number of piperidine rings is 1. The van der Waals surface area contributed by atoms with Gasteiger partial charge in [-0.15, -0.1) is 0 Å². The van der Waals surface area contributed by atoms with Gasteiger partial charge in [-0.3, -0.25) is 9.69 Å². The van der Waals surface area contributed by atoms with Crippen molar-refractivity contribution < 1.29 is 4.79 Å². The molecule has 0 atom stereocenters. The van der Waals surface area contributed by atoms with Crippen molar-refractivity contribution in [1.29, 1.82) is 0 Å². The Balaban J connectivity index is 1.39. The molecule has 0 bridgehead atoms. The number of amides is 1. The van der Waals surface area contributed by atoms with E-state index in [0.717, 1.165) is 50.3 Å². The summed E-state index contributed by atoms with van der Waals surface area (Å²) in [6, 6.07) is 7.61. The zero-order chi connectivity index (χ0) is 18.4. The van der Waals surface area contributed by atoms with Crippen LogP contribution in [0.5, 0.6) is 0 Å². The van der Waals surface area contributed by atoms with Crippen molar-refractivity contribution in [3.8, 4) is 0 Å². The van der Waals surface area contributed by atoms with Crippen LogP contribution in [0.1, 0.15) is 31.2 Å². The van der Waals surface area contributed by atoms with Crippen LogP contribution in [0.2, 0.25) is 5.02 Å². The number of nitrogens with zero attached hydrogens (tertiary/aromatic N) is 3. The van der Waals surface area contributed by atoms with Gasteiger partial charge >= 0.3 is 0 Å². The highest BCUT2D eigenvalue weighted by atomic mass is 35.5. The van der Waals surface area contributed by atoms with Crippen molar-refractivity contribution in [3.05, 3.63) is 53.1 Å². The van der Waals surface area contributed by atoms with Crippen molar-refractivity contribution in [2.45, 2.75) is 39.3 Å². The Morgan fingerprint density at radius 3 is 2.81 bits per heavy atom. The molecule has 5 nitrogen and oxygen atoms in total. The average Bonchev–Trinajstić information content (AvgIpc) is 3.10. The molecule has 1 amide bonds. The Hall–Kier alpha value is -1.85. The summed E-state index contributed by atoms with van der Waals surface area (Å²) in [6.07, 6.45) is 7.18. The summed E-state index contributed by atoms with van der Waals surface area (Å²) >= 11 is 6.13. The Labute approximate surface area is 160 Å². The van der Waals surface area contributed by atoms with Crippen LogP contribution in [0, 0.1) is 5.92 Å². The highest BCUT2D eigenvalue weighted by molar-refractivity contribution is 6.31. The standard InChI is InChI=1S/C20H27ClN4O/c1-2-19-22-9-12-25(19)14-16-7-10-24(11-8-16)15-20(26)23-13-17-5-3-4-6-18(17)21/h3-6,9,12,16H,2,7-8,10-11,13-15H2,1H3,(H,23,26). The summed E-state index contributed by atoms with van der Waals surface area (Å²) < 4.78 is 2.27. The largest absolute Gasteiger partial charge is 0.351 e. The number of likely N-dealkylation sites (tertiary alicyclic amines) is 1. The molecule has 1 saturated heterocycles. The molecule has 0 radical (unpaired) electrons. The van der Waals surface area contributed by atoms with Gasteiger partial charge in [0.2, 0.25) is 5.91 Å². The molecule has 1 N–H and O–H groups in total. The third kappa shape index (κ3) is 5.08. The second-order valence-corrected chi connectivity index (χ2v) is 7.34. The number of halogens is 1. The van der Waals surface area contributed by atoms with E-state index < -0.39 is 0 Å². The maximum atomic E-state index is 12.2. The zero-order valence-corrected chi connectivity index (χ0v) is 16.1. The second-order valence-electron chi connectivity index (χ2n) is 6.94. The van der Waals surface area contributed by atoms with Crippen LogP contribution in [0.4, 0.5) is 0 Å². The molecule has 1 aromatic carbocycles. The van der Waals surface area contributed by atoms with E-state index >= 15 is 0 Å². The monoisotopic (exact) mass is 374 g/mol. The number of aromatic nitrogens is 2. The van der Waals surface area contributed by atoms with Crippen LogP contribution in [0.25, 0.3) is 0 Å². The maximum Gasteiger partial charge on any atom is 0.234 e. The van der Waals surface area contributed by atoms with E-state index in [-0.39, 0.29) is 5.91 Å². The van der Waals surface area contributed by atoms with Gasteiger partial charge in [0.25, 0.3) is 0 Å². The number of carbonyl (C=O) groups excluding carboxylic acids is 1. The number of aryl methyl sites for hydroxylation is 1. The predicted molar refractivity (Wildman–Crippen MR) is 104 cm³/mol. The van der Waals surface area contributed by atoms with Crippen molar-refractivity contribution in [3.63, 3.8) is 0 Å². The van der Waals surface area contributed by atoms with Gasteiger partial charge in [0.15, 0.2) is 0 Å². The molecule has 1 aliphatic heterocycles. The number of nitrogens with one attached hydrogen (secondary N) is 1. The molecule has 0 saturated carbocycles. The van der Waals surface area contributed by atoms with Crippen LogP contribution >= 0.6 is 11.6 Å². The normalized spacial score (nSPS) is 15.9. The SMILES string of the molecule is CCc1nccn1CC1CCN(CC(=O)NCc2ccccc2Cl)CC1. The van der Waals surface area contributed by atoms with E-state index in [9.17, 15) is 4.79 Å². The molecule has 1 fully saturated rings. The number of benzene rings is 1. The Morgan fingerprint density at radius 2 is 2.08 bits per heavy atom. The molecule has 0 unspecified atom stereocenters. The third-order valence-corrected chi connectivity index (χ3v) is 5.45. The fourth-order valence-corrected chi connectivity index (χ4v) is 3.72. The van der Waals surface area contributed by atoms with E-state index in [4.69, 9.17) is 11.6 Å². The molecular formula is C20H27ClN4O. The predicted octanol–water partition coefficient (Wildman–Crippen LogP) is 3.13. The van der Waals surface area contributed by atoms with Gasteiger partial charge in [0.05, 0.1) is 6.54 Å². The van der Waals surface area contributed by atoms with Gasteiger partial charge < -0.3 is 9.88 Å². The summed E-state index contributed by atoms with van der Waals surface area (Å²) in [7, 11) is 0. The second kappa shape index (κ2) is 9.19. The van der Waals surface area contributed by atoms with E-state index in [2.05, 4.69) is 32.9 Å². The Kier molecular flexibility index (Phi) is 6.69. The first kappa shape index (κ1) is 18.9. The minimum absolute atomic E-state index is 0.0613. The van der Waals surface area contributed by atoms with Crippen molar-refractivity contribution in [2.24, 2.45) is 5.92 Å². The summed E-state index contributed by atoms with van der Waals surface area (Å²) in [5, 5.41) is 3.67. The van der Waals surface area contributed by atoms with E-state index in [1.807, 2.05) is 30.5 Å². The first-order valence-electron chi connectivity index (χ1n) is 9.38. The molecule has 2 heterocycles. The van der Waals surface area contributed by atoms with E-state index in [1.54, 1.807) is 0 Å². The molecule has 6 heteroatoms. The van der Waals surface area contributed by atoms with Crippen molar-refractivity contribution >= 4 is 17.5 Å².